The van der Waals surface area contributed by atoms with Crippen LogP contribution in [0.15, 0.2) is 48.5 Å². The highest BCUT2D eigenvalue weighted by molar-refractivity contribution is 7.68. The second kappa shape index (κ2) is 9.17. The Balaban J connectivity index is 2.08. The van der Waals surface area contributed by atoms with Gasteiger partial charge in [-0.1, -0.05) is 47.5 Å². The summed E-state index contributed by atoms with van der Waals surface area (Å²) in [6.07, 6.45) is 0. The zero-order valence-corrected chi connectivity index (χ0v) is 19.5. The number of nitrogens with one attached hydrogen (secondary N) is 1. The smallest absolute Gasteiger partial charge is 0.350 e. The summed E-state index contributed by atoms with van der Waals surface area (Å²) in [4.78, 5) is 13.7. The standard InChI is InChI=1S/C23H26NO4PS/c1-6-28-29(26,20-12-9-16(3)13-17(20)4)24-19-14-21(30-22(19)23(25)27-5)18-10-7-15(2)8-11-18/h7-14H,6H2,1-5H3,(H,24,26). The monoisotopic (exact) mass is 443 g/mol. The number of hydrogen-bond donors (Lipinski definition) is 1. The van der Waals surface area contributed by atoms with Crippen LogP contribution in [0.5, 0.6) is 0 Å². The van der Waals surface area contributed by atoms with Crippen molar-refractivity contribution < 1.29 is 18.6 Å². The summed E-state index contributed by atoms with van der Waals surface area (Å²) in [5.41, 5.74) is 4.51. The number of carbonyl (C=O) groups excluding carboxylic acids is 1. The summed E-state index contributed by atoms with van der Waals surface area (Å²) in [5.74, 6) is -0.482. The molecule has 0 bridgehead atoms. The van der Waals surface area contributed by atoms with Crippen LogP contribution in [0, 0.1) is 20.8 Å². The molecule has 3 rings (SSSR count). The first-order valence-electron chi connectivity index (χ1n) is 9.67. The van der Waals surface area contributed by atoms with E-state index in [-0.39, 0.29) is 6.61 Å². The maximum Gasteiger partial charge on any atom is 0.350 e. The first-order chi connectivity index (χ1) is 14.3. The van der Waals surface area contributed by atoms with Crippen LogP contribution in [0.3, 0.4) is 0 Å². The predicted molar refractivity (Wildman–Crippen MR) is 124 cm³/mol. The Morgan fingerprint density at radius 1 is 1.03 bits per heavy atom. The van der Waals surface area contributed by atoms with Gasteiger partial charge < -0.3 is 14.3 Å². The van der Waals surface area contributed by atoms with Crippen molar-refractivity contribution in [2.24, 2.45) is 0 Å². The van der Waals surface area contributed by atoms with Crippen molar-refractivity contribution in [2.75, 3.05) is 18.8 Å². The topological polar surface area (TPSA) is 64.6 Å². The van der Waals surface area contributed by atoms with Gasteiger partial charge in [0.1, 0.15) is 4.88 Å². The summed E-state index contributed by atoms with van der Waals surface area (Å²) in [6, 6.07) is 15.5. The molecule has 2 aromatic carbocycles. The Kier molecular flexibility index (Phi) is 6.81. The summed E-state index contributed by atoms with van der Waals surface area (Å²) >= 11 is 1.30. The van der Waals surface area contributed by atoms with Gasteiger partial charge in [0.05, 0.1) is 24.7 Å². The lowest BCUT2D eigenvalue weighted by Gasteiger charge is -2.22. The average Bonchev–Trinajstić information content (AvgIpc) is 3.11. The SMILES string of the molecule is CCOP(=O)(Nc1cc(-c2ccc(C)cc2)sc1C(=O)OC)c1ccc(C)cc1C. The minimum Gasteiger partial charge on any atom is -0.465 e. The summed E-state index contributed by atoms with van der Waals surface area (Å²) in [6.45, 7) is 7.97. The van der Waals surface area contributed by atoms with Crippen LogP contribution in [0.25, 0.3) is 10.4 Å². The number of carbonyl (C=O) groups is 1. The molecule has 0 radical (unpaired) electrons. The fourth-order valence-electron chi connectivity index (χ4n) is 3.22. The van der Waals surface area contributed by atoms with Crippen molar-refractivity contribution in [1.82, 2.24) is 0 Å². The van der Waals surface area contributed by atoms with E-state index in [1.165, 1.54) is 18.4 Å². The number of aryl methyl sites for hydroxylation is 3. The molecule has 0 aliphatic rings. The number of benzene rings is 2. The van der Waals surface area contributed by atoms with Gasteiger partial charge in [-0.2, -0.15) is 0 Å². The van der Waals surface area contributed by atoms with Crippen LogP contribution in [-0.4, -0.2) is 19.7 Å². The third-order valence-electron chi connectivity index (χ3n) is 4.69. The Bertz CT molecular complexity index is 1100. The number of methoxy groups -OCH3 is 1. The van der Waals surface area contributed by atoms with Gasteiger partial charge in [-0.05, 0) is 51.0 Å². The van der Waals surface area contributed by atoms with Crippen molar-refractivity contribution >= 4 is 35.8 Å². The van der Waals surface area contributed by atoms with Gasteiger partial charge in [0.15, 0.2) is 0 Å². The van der Waals surface area contributed by atoms with E-state index in [1.807, 2.05) is 69.3 Å². The molecule has 7 heteroatoms. The van der Waals surface area contributed by atoms with E-state index in [0.717, 1.165) is 27.1 Å². The van der Waals surface area contributed by atoms with Crippen molar-refractivity contribution in [3.63, 3.8) is 0 Å². The van der Waals surface area contributed by atoms with Crippen molar-refractivity contribution in [3.05, 3.63) is 70.1 Å². The number of ether oxygens (including phenoxy) is 1. The molecule has 1 atom stereocenters. The van der Waals surface area contributed by atoms with E-state index >= 15 is 0 Å². The molecule has 1 aromatic heterocycles. The quantitative estimate of drug-likeness (QED) is 0.353. The van der Waals surface area contributed by atoms with Crippen molar-refractivity contribution in [2.45, 2.75) is 27.7 Å². The fourth-order valence-corrected chi connectivity index (χ4v) is 6.31. The molecule has 0 fully saturated rings. The first-order valence-corrected chi connectivity index (χ1v) is 12.1. The van der Waals surface area contributed by atoms with E-state index in [1.54, 1.807) is 6.92 Å². The molecule has 1 N–H and O–H groups in total. The summed E-state index contributed by atoms with van der Waals surface area (Å²) in [5, 5.41) is 3.65. The molecule has 0 saturated carbocycles. The van der Waals surface area contributed by atoms with Gasteiger partial charge >= 0.3 is 13.5 Å². The fraction of sp³-hybridized carbons (Fsp3) is 0.261. The first kappa shape index (κ1) is 22.3. The number of rotatable bonds is 7. The maximum atomic E-state index is 13.9. The molecule has 3 aromatic rings. The van der Waals surface area contributed by atoms with Crippen LogP contribution in [0.4, 0.5) is 5.69 Å². The van der Waals surface area contributed by atoms with E-state index < -0.39 is 13.5 Å². The van der Waals surface area contributed by atoms with Gasteiger partial charge in [0, 0.05) is 4.88 Å². The predicted octanol–water partition coefficient (Wildman–Crippen LogP) is 6.09. The van der Waals surface area contributed by atoms with Crippen LogP contribution in [0.1, 0.15) is 33.3 Å². The van der Waals surface area contributed by atoms with E-state index in [2.05, 4.69) is 5.09 Å². The maximum absolute atomic E-state index is 13.9. The Labute approximate surface area is 181 Å². The van der Waals surface area contributed by atoms with Crippen LogP contribution >= 0.6 is 18.9 Å². The third kappa shape index (κ3) is 4.67. The number of hydrogen-bond acceptors (Lipinski definition) is 5. The van der Waals surface area contributed by atoms with Gasteiger partial charge in [-0.3, -0.25) is 4.57 Å². The van der Waals surface area contributed by atoms with Crippen LogP contribution in [-0.2, 0) is 13.8 Å². The average molecular weight is 444 g/mol. The van der Waals surface area contributed by atoms with Gasteiger partial charge in [-0.15, -0.1) is 11.3 Å². The highest BCUT2D eigenvalue weighted by atomic mass is 32.1. The Morgan fingerprint density at radius 3 is 2.30 bits per heavy atom. The highest BCUT2D eigenvalue weighted by Crippen LogP contribution is 2.49. The van der Waals surface area contributed by atoms with E-state index in [0.29, 0.717) is 15.9 Å². The highest BCUT2D eigenvalue weighted by Gasteiger charge is 2.31. The van der Waals surface area contributed by atoms with Crippen molar-refractivity contribution in [3.8, 4) is 10.4 Å². The summed E-state index contributed by atoms with van der Waals surface area (Å²) < 4.78 is 24.6. The van der Waals surface area contributed by atoms with Crippen LogP contribution < -0.4 is 10.4 Å². The minimum atomic E-state index is -3.47. The lowest BCUT2D eigenvalue weighted by atomic mass is 10.1. The number of esters is 1. The second-order valence-electron chi connectivity index (χ2n) is 7.08. The molecule has 0 spiro atoms. The molecule has 1 unspecified atom stereocenters. The van der Waals surface area contributed by atoms with Gasteiger partial charge in [0.25, 0.3) is 0 Å². The van der Waals surface area contributed by atoms with Crippen molar-refractivity contribution in [1.29, 1.82) is 0 Å². The second-order valence-corrected chi connectivity index (χ2v) is 10.2. The lowest BCUT2D eigenvalue weighted by Crippen LogP contribution is -2.18. The summed E-state index contributed by atoms with van der Waals surface area (Å²) in [7, 11) is -2.13. The van der Waals surface area contributed by atoms with Crippen LogP contribution in [0.2, 0.25) is 0 Å². The molecule has 0 amide bonds. The zero-order chi connectivity index (χ0) is 21.9. The normalized spacial score (nSPS) is 13.0. The largest absolute Gasteiger partial charge is 0.465 e. The number of anilines is 1. The Morgan fingerprint density at radius 2 is 1.70 bits per heavy atom. The number of thiophene rings is 1. The molecule has 0 saturated heterocycles. The Hall–Kier alpha value is -2.40. The van der Waals surface area contributed by atoms with E-state index in [4.69, 9.17) is 9.26 Å². The molecule has 0 aliphatic heterocycles. The molecule has 0 aliphatic carbocycles. The van der Waals surface area contributed by atoms with Gasteiger partial charge in [-0.25, -0.2) is 4.79 Å². The molecule has 5 nitrogen and oxygen atoms in total. The van der Waals surface area contributed by atoms with Gasteiger partial charge in [0.2, 0.25) is 0 Å². The lowest BCUT2D eigenvalue weighted by molar-refractivity contribution is 0.0607. The molecular formula is C23H26NO4PS. The molecule has 1 heterocycles. The third-order valence-corrected chi connectivity index (χ3v) is 8.14. The molecular weight excluding hydrogens is 417 g/mol. The van der Waals surface area contributed by atoms with E-state index in [9.17, 15) is 9.36 Å². The zero-order valence-electron chi connectivity index (χ0n) is 17.8. The molecule has 158 valence electrons. The molecule has 30 heavy (non-hydrogen) atoms. The minimum absolute atomic E-state index is 0.264.